The zero-order chi connectivity index (χ0) is 12.8. The summed E-state index contributed by atoms with van der Waals surface area (Å²) < 4.78 is 6.17. The number of aryl methyl sites for hydroxylation is 1. The van der Waals surface area contributed by atoms with Gasteiger partial charge in [-0.3, -0.25) is 0 Å². The lowest BCUT2D eigenvalue weighted by Crippen LogP contribution is -2.08. The highest BCUT2D eigenvalue weighted by molar-refractivity contribution is 5.32. The first-order valence-corrected chi connectivity index (χ1v) is 6.58. The largest absolute Gasteiger partial charge is 0.485 e. The van der Waals surface area contributed by atoms with Crippen LogP contribution in [0, 0.1) is 6.92 Å². The molecular formula is C17H20O. The van der Waals surface area contributed by atoms with E-state index in [1.807, 2.05) is 24.3 Å². The van der Waals surface area contributed by atoms with Crippen molar-refractivity contribution >= 4 is 0 Å². The molecule has 0 radical (unpaired) electrons. The molecule has 0 spiro atoms. The van der Waals surface area contributed by atoms with Crippen LogP contribution in [0.4, 0.5) is 0 Å². The van der Waals surface area contributed by atoms with Crippen LogP contribution in [-0.2, 0) is 0 Å². The molecule has 0 aliphatic carbocycles. The van der Waals surface area contributed by atoms with E-state index in [4.69, 9.17) is 4.74 Å². The fraction of sp³-hybridized carbons (Fsp3) is 0.294. The maximum atomic E-state index is 6.17. The summed E-state index contributed by atoms with van der Waals surface area (Å²) in [5.74, 6) is 0.986. The maximum Gasteiger partial charge on any atom is 0.124 e. The molecule has 2 rings (SSSR count). The molecule has 1 atom stereocenters. The van der Waals surface area contributed by atoms with E-state index in [2.05, 4.69) is 44.2 Å². The second-order valence-electron chi connectivity index (χ2n) is 4.57. The first-order chi connectivity index (χ1) is 8.81. The maximum absolute atomic E-state index is 6.17. The van der Waals surface area contributed by atoms with Crippen LogP contribution in [0.3, 0.4) is 0 Å². The highest BCUT2D eigenvalue weighted by Crippen LogP contribution is 2.27. The Morgan fingerprint density at radius 2 is 1.61 bits per heavy atom. The Morgan fingerprint density at radius 1 is 0.944 bits per heavy atom. The zero-order valence-corrected chi connectivity index (χ0v) is 11.1. The lowest BCUT2D eigenvalue weighted by molar-refractivity contribution is 0.192. The molecule has 2 aromatic carbocycles. The second-order valence-corrected chi connectivity index (χ2v) is 4.57. The molecule has 2 aromatic rings. The molecule has 0 unspecified atom stereocenters. The molecule has 0 aliphatic heterocycles. The van der Waals surface area contributed by atoms with Crippen LogP contribution in [0.1, 0.15) is 37.0 Å². The molecule has 0 fully saturated rings. The van der Waals surface area contributed by atoms with Crippen molar-refractivity contribution in [1.82, 2.24) is 0 Å². The van der Waals surface area contributed by atoms with Gasteiger partial charge in [-0.25, -0.2) is 0 Å². The van der Waals surface area contributed by atoms with Crippen LogP contribution in [0.2, 0.25) is 0 Å². The Kier molecular flexibility index (Phi) is 4.40. The van der Waals surface area contributed by atoms with Gasteiger partial charge in [-0.2, -0.15) is 0 Å². The Bertz CT molecular complexity index is 476. The highest BCUT2D eigenvalue weighted by atomic mass is 16.5. The highest BCUT2D eigenvalue weighted by Gasteiger charge is 2.12. The summed E-state index contributed by atoms with van der Waals surface area (Å²) >= 11 is 0. The quantitative estimate of drug-likeness (QED) is 0.721. The van der Waals surface area contributed by atoms with Crippen molar-refractivity contribution < 1.29 is 4.74 Å². The summed E-state index contributed by atoms with van der Waals surface area (Å²) in [6, 6.07) is 18.6. The molecule has 18 heavy (non-hydrogen) atoms. The fourth-order valence-electron chi connectivity index (χ4n) is 2.07. The van der Waals surface area contributed by atoms with E-state index in [-0.39, 0.29) is 6.10 Å². The lowest BCUT2D eigenvalue weighted by atomic mass is 10.1. The average molecular weight is 240 g/mol. The molecule has 0 bridgehead atoms. The van der Waals surface area contributed by atoms with Crippen LogP contribution in [0.5, 0.6) is 5.75 Å². The minimum absolute atomic E-state index is 0.150. The van der Waals surface area contributed by atoms with E-state index in [0.29, 0.717) is 0 Å². The summed E-state index contributed by atoms with van der Waals surface area (Å²) in [4.78, 5) is 0. The molecule has 0 amide bonds. The average Bonchev–Trinajstić information content (AvgIpc) is 2.42. The van der Waals surface area contributed by atoms with Crippen LogP contribution in [0.25, 0.3) is 0 Å². The molecule has 94 valence electrons. The Labute approximate surface area is 109 Å². The van der Waals surface area contributed by atoms with Crippen LogP contribution in [0.15, 0.2) is 54.6 Å². The molecule has 0 aliphatic rings. The van der Waals surface area contributed by atoms with Gasteiger partial charge in [-0.1, -0.05) is 61.9 Å². The van der Waals surface area contributed by atoms with Crippen molar-refractivity contribution in [1.29, 1.82) is 0 Å². The van der Waals surface area contributed by atoms with Crippen LogP contribution < -0.4 is 4.74 Å². The summed E-state index contributed by atoms with van der Waals surface area (Å²) in [7, 11) is 0. The third-order valence-corrected chi connectivity index (χ3v) is 3.09. The van der Waals surface area contributed by atoms with Crippen molar-refractivity contribution in [2.75, 3.05) is 0 Å². The third kappa shape index (κ3) is 3.13. The number of rotatable bonds is 5. The van der Waals surface area contributed by atoms with Gasteiger partial charge in [0.15, 0.2) is 0 Å². The predicted octanol–water partition coefficient (Wildman–Crippen LogP) is 4.92. The molecule has 0 saturated carbocycles. The van der Waals surface area contributed by atoms with Crippen LogP contribution in [-0.4, -0.2) is 0 Å². The minimum atomic E-state index is 0.150. The van der Waals surface area contributed by atoms with E-state index in [0.717, 1.165) is 18.6 Å². The van der Waals surface area contributed by atoms with Gasteiger partial charge in [-0.15, -0.1) is 0 Å². The van der Waals surface area contributed by atoms with E-state index >= 15 is 0 Å². The number of para-hydroxylation sites is 1. The van der Waals surface area contributed by atoms with E-state index in [1.165, 1.54) is 11.1 Å². The topological polar surface area (TPSA) is 9.23 Å². The summed E-state index contributed by atoms with van der Waals surface area (Å²) in [5, 5.41) is 0. The number of benzene rings is 2. The molecule has 0 heterocycles. The van der Waals surface area contributed by atoms with Crippen molar-refractivity contribution in [3.05, 3.63) is 65.7 Å². The van der Waals surface area contributed by atoms with Gasteiger partial charge >= 0.3 is 0 Å². The molecular weight excluding hydrogens is 220 g/mol. The Hall–Kier alpha value is -1.76. The third-order valence-electron chi connectivity index (χ3n) is 3.09. The molecule has 0 N–H and O–H groups in total. The minimum Gasteiger partial charge on any atom is -0.485 e. The lowest BCUT2D eigenvalue weighted by Gasteiger charge is -2.20. The van der Waals surface area contributed by atoms with Gasteiger partial charge in [0.2, 0.25) is 0 Å². The summed E-state index contributed by atoms with van der Waals surface area (Å²) in [6.45, 7) is 4.28. The van der Waals surface area contributed by atoms with E-state index < -0.39 is 0 Å². The zero-order valence-electron chi connectivity index (χ0n) is 11.1. The van der Waals surface area contributed by atoms with Crippen molar-refractivity contribution in [3.63, 3.8) is 0 Å². The van der Waals surface area contributed by atoms with E-state index in [9.17, 15) is 0 Å². The normalized spacial score (nSPS) is 12.1. The Morgan fingerprint density at radius 3 is 2.28 bits per heavy atom. The number of hydrogen-bond acceptors (Lipinski definition) is 1. The SMILES string of the molecule is CCC[C@@H](Oc1ccccc1C)c1ccccc1. The van der Waals surface area contributed by atoms with Crippen LogP contribution >= 0.6 is 0 Å². The van der Waals surface area contributed by atoms with Gasteiger partial charge in [0, 0.05) is 0 Å². The van der Waals surface area contributed by atoms with Crippen molar-refractivity contribution in [3.8, 4) is 5.75 Å². The standard InChI is InChI=1S/C17H20O/c1-3-9-17(15-11-5-4-6-12-15)18-16-13-8-7-10-14(16)2/h4-8,10-13,17H,3,9H2,1-2H3/t17-/m1/s1. The molecule has 1 nitrogen and oxygen atoms in total. The fourth-order valence-corrected chi connectivity index (χ4v) is 2.07. The monoisotopic (exact) mass is 240 g/mol. The molecule has 0 aromatic heterocycles. The van der Waals surface area contributed by atoms with Gasteiger partial charge in [-0.05, 0) is 30.5 Å². The first kappa shape index (κ1) is 12.7. The van der Waals surface area contributed by atoms with Gasteiger partial charge in [0.25, 0.3) is 0 Å². The molecule has 0 saturated heterocycles. The van der Waals surface area contributed by atoms with Crippen molar-refractivity contribution in [2.45, 2.75) is 32.8 Å². The number of ether oxygens (including phenoxy) is 1. The Balaban J connectivity index is 2.19. The first-order valence-electron chi connectivity index (χ1n) is 6.58. The smallest absolute Gasteiger partial charge is 0.124 e. The van der Waals surface area contributed by atoms with Gasteiger partial charge in [0.1, 0.15) is 11.9 Å². The van der Waals surface area contributed by atoms with Crippen molar-refractivity contribution in [2.24, 2.45) is 0 Å². The second kappa shape index (κ2) is 6.25. The van der Waals surface area contributed by atoms with Gasteiger partial charge in [0.05, 0.1) is 0 Å². The predicted molar refractivity (Wildman–Crippen MR) is 75.9 cm³/mol. The summed E-state index contributed by atoms with van der Waals surface area (Å²) in [5.41, 5.74) is 2.44. The number of hydrogen-bond donors (Lipinski definition) is 0. The van der Waals surface area contributed by atoms with E-state index in [1.54, 1.807) is 0 Å². The summed E-state index contributed by atoms with van der Waals surface area (Å²) in [6.07, 6.45) is 2.31. The molecule has 1 heteroatoms. The van der Waals surface area contributed by atoms with Gasteiger partial charge < -0.3 is 4.74 Å².